The van der Waals surface area contributed by atoms with Gasteiger partial charge in [0.1, 0.15) is 5.75 Å². The molecule has 0 aliphatic rings. The fourth-order valence-electron chi connectivity index (χ4n) is 1.59. The van der Waals surface area contributed by atoms with Gasteiger partial charge in [0.2, 0.25) is 0 Å². The van der Waals surface area contributed by atoms with Crippen molar-refractivity contribution in [1.29, 1.82) is 0 Å². The third kappa shape index (κ3) is 5.83. The highest BCUT2D eigenvalue weighted by Gasteiger charge is 2.13. The first-order valence-electron chi connectivity index (χ1n) is 5.97. The predicted octanol–water partition coefficient (Wildman–Crippen LogP) is 2.82. The first-order chi connectivity index (χ1) is 9.56. The van der Waals surface area contributed by atoms with Crippen molar-refractivity contribution >= 4 is 21.8 Å². The number of hydrogen-bond donors (Lipinski definition) is 1. The van der Waals surface area contributed by atoms with E-state index in [0.717, 1.165) is 11.8 Å². The number of ether oxygens (including phenoxy) is 2. The number of hydrogen-bond acceptors (Lipinski definition) is 3. The van der Waals surface area contributed by atoms with E-state index in [-0.39, 0.29) is 17.7 Å². The number of alkyl halides is 3. The van der Waals surface area contributed by atoms with Crippen LogP contribution in [0.5, 0.6) is 5.75 Å². The third-order valence-corrected chi connectivity index (χ3v) is 2.96. The molecule has 20 heavy (non-hydrogen) atoms. The monoisotopic (exact) mass is 351 g/mol. The first-order valence-corrected chi connectivity index (χ1v) is 7.09. The fourth-order valence-corrected chi connectivity index (χ4v) is 2.14. The van der Waals surface area contributed by atoms with Crippen LogP contribution in [0, 0.1) is 0 Å². The number of benzene rings is 1. The molecule has 1 atom stereocenters. The van der Waals surface area contributed by atoms with Crippen LogP contribution in [0.1, 0.15) is 16.8 Å². The Bertz CT molecular complexity index is 409. The van der Waals surface area contributed by atoms with Gasteiger partial charge in [-0.2, -0.15) is 8.78 Å². The predicted molar refractivity (Wildman–Crippen MR) is 74.6 cm³/mol. The largest absolute Gasteiger partial charge is 0.435 e. The second-order valence-corrected chi connectivity index (χ2v) is 4.80. The molecule has 1 rings (SSSR count). The van der Waals surface area contributed by atoms with Crippen LogP contribution in [0.3, 0.4) is 0 Å². The van der Waals surface area contributed by atoms with Crippen molar-refractivity contribution in [2.75, 3.05) is 19.0 Å². The van der Waals surface area contributed by atoms with E-state index in [4.69, 9.17) is 4.74 Å². The highest BCUT2D eigenvalue weighted by molar-refractivity contribution is 9.09. The second kappa shape index (κ2) is 8.86. The number of methoxy groups -OCH3 is 1. The normalized spacial score (nSPS) is 12.2. The van der Waals surface area contributed by atoms with Gasteiger partial charge in [0.05, 0.1) is 12.6 Å². The van der Waals surface area contributed by atoms with Crippen LogP contribution in [0.25, 0.3) is 0 Å². The minimum Gasteiger partial charge on any atom is -0.435 e. The van der Waals surface area contributed by atoms with Crippen molar-refractivity contribution in [3.63, 3.8) is 0 Å². The molecule has 1 aromatic carbocycles. The van der Waals surface area contributed by atoms with Crippen molar-refractivity contribution in [3.05, 3.63) is 29.8 Å². The third-order valence-electron chi connectivity index (χ3n) is 2.50. The molecule has 0 fully saturated rings. The van der Waals surface area contributed by atoms with E-state index in [2.05, 4.69) is 26.0 Å². The maximum absolute atomic E-state index is 12.0. The van der Waals surface area contributed by atoms with Gasteiger partial charge >= 0.3 is 6.61 Å². The summed E-state index contributed by atoms with van der Waals surface area (Å²) >= 11 is 3.30. The molecule has 0 saturated heterocycles. The Hall–Kier alpha value is -1.21. The summed E-state index contributed by atoms with van der Waals surface area (Å²) in [5.74, 6) is -0.262. The number of nitrogens with one attached hydrogen (secondary N) is 1. The van der Waals surface area contributed by atoms with Crippen molar-refractivity contribution in [1.82, 2.24) is 5.32 Å². The van der Waals surface area contributed by atoms with Crippen LogP contribution in [-0.2, 0) is 4.74 Å². The molecule has 0 radical (unpaired) electrons. The van der Waals surface area contributed by atoms with Crippen LogP contribution in [-0.4, -0.2) is 37.6 Å². The lowest BCUT2D eigenvalue weighted by molar-refractivity contribution is -0.0498. The van der Waals surface area contributed by atoms with E-state index in [9.17, 15) is 13.6 Å². The highest BCUT2D eigenvalue weighted by Crippen LogP contribution is 2.15. The topological polar surface area (TPSA) is 47.6 Å². The fraction of sp³-hybridized carbons (Fsp3) is 0.462. The van der Waals surface area contributed by atoms with E-state index in [1.807, 2.05) is 0 Å². The summed E-state index contributed by atoms with van der Waals surface area (Å²) in [4.78, 5) is 12.0. The number of rotatable bonds is 8. The molecular formula is C13H16BrF2NO3. The number of halogens is 3. The summed E-state index contributed by atoms with van der Waals surface area (Å²) in [5, 5.41) is 3.55. The van der Waals surface area contributed by atoms with Crippen molar-refractivity contribution in [3.8, 4) is 5.75 Å². The Morgan fingerprint density at radius 3 is 2.50 bits per heavy atom. The quantitative estimate of drug-likeness (QED) is 0.732. The second-order valence-electron chi connectivity index (χ2n) is 4.01. The Morgan fingerprint density at radius 2 is 2.00 bits per heavy atom. The maximum Gasteiger partial charge on any atom is 0.387 e. The van der Waals surface area contributed by atoms with Crippen molar-refractivity contribution < 1.29 is 23.0 Å². The Kier molecular flexibility index (Phi) is 7.46. The summed E-state index contributed by atoms with van der Waals surface area (Å²) in [5.41, 5.74) is 0.377. The smallest absolute Gasteiger partial charge is 0.387 e. The Balaban J connectivity index is 2.62. The summed E-state index contributed by atoms with van der Waals surface area (Å²) in [7, 11) is 1.56. The van der Waals surface area contributed by atoms with Gasteiger partial charge in [-0.25, -0.2) is 0 Å². The van der Waals surface area contributed by atoms with Crippen molar-refractivity contribution in [2.24, 2.45) is 0 Å². The minimum atomic E-state index is -2.88. The molecule has 1 aromatic rings. The van der Waals surface area contributed by atoms with E-state index in [0.29, 0.717) is 12.2 Å². The molecule has 4 nitrogen and oxygen atoms in total. The van der Waals surface area contributed by atoms with Crippen LogP contribution < -0.4 is 10.1 Å². The summed E-state index contributed by atoms with van der Waals surface area (Å²) < 4.78 is 33.2. The summed E-state index contributed by atoms with van der Waals surface area (Å²) in [6.45, 7) is -2.47. The number of carbonyl (C=O) groups excluding carboxylic acids is 1. The average molecular weight is 352 g/mol. The molecule has 0 heterocycles. The van der Waals surface area contributed by atoms with E-state index in [1.54, 1.807) is 7.11 Å². The molecule has 1 amide bonds. The standard InChI is InChI=1S/C13H16BrF2NO3/c1-19-8-10(6-7-14)17-12(18)9-2-4-11(5-3-9)20-13(15)16/h2-5,10,13H,6-8H2,1H3,(H,17,18). The van der Waals surface area contributed by atoms with Crippen molar-refractivity contribution in [2.45, 2.75) is 19.1 Å². The number of amides is 1. The van der Waals surface area contributed by atoms with Gasteiger partial charge in [-0.3, -0.25) is 4.79 Å². The molecule has 0 saturated carbocycles. The zero-order valence-electron chi connectivity index (χ0n) is 10.9. The minimum absolute atomic E-state index is 0.0189. The molecule has 0 aliphatic heterocycles. The Morgan fingerprint density at radius 1 is 1.35 bits per heavy atom. The lowest BCUT2D eigenvalue weighted by Crippen LogP contribution is -2.38. The Labute approximate surface area is 124 Å². The number of carbonyl (C=O) groups is 1. The lowest BCUT2D eigenvalue weighted by atomic mass is 10.1. The van der Waals surface area contributed by atoms with E-state index in [1.165, 1.54) is 24.3 Å². The SMILES string of the molecule is COCC(CCBr)NC(=O)c1ccc(OC(F)F)cc1. The molecule has 0 aliphatic carbocycles. The zero-order chi connectivity index (χ0) is 15.0. The van der Waals surface area contributed by atoms with Gasteiger partial charge in [0.15, 0.2) is 0 Å². The molecular weight excluding hydrogens is 336 g/mol. The summed E-state index contributed by atoms with van der Waals surface area (Å²) in [6.07, 6.45) is 0.728. The highest BCUT2D eigenvalue weighted by atomic mass is 79.9. The van der Waals surface area contributed by atoms with Gasteiger partial charge in [-0.1, -0.05) is 15.9 Å². The molecule has 0 bridgehead atoms. The first kappa shape index (κ1) is 16.8. The average Bonchev–Trinajstić information content (AvgIpc) is 2.39. The lowest BCUT2D eigenvalue weighted by Gasteiger charge is -2.16. The van der Waals surface area contributed by atoms with Crippen LogP contribution in [0.2, 0.25) is 0 Å². The van der Waals surface area contributed by atoms with Gasteiger partial charge in [0, 0.05) is 18.0 Å². The molecule has 0 aromatic heterocycles. The molecule has 0 spiro atoms. The van der Waals surface area contributed by atoms with E-state index >= 15 is 0 Å². The van der Waals surface area contributed by atoms with Gasteiger partial charge < -0.3 is 14.8 Å². The summed E-state index contributed by atoms with van der Waals surface area (Å²) in [6, 6.07) is 5.42. The maximum atomic E-state index is 12.0. The van der Waals surface area contributed by atoms with Gasteiger partial charge in [-0.15, -0.1) is 0 Å². The van der Waals surface area contributed by atoms with Crippen LogP contribution >= 0.6 is 15.9 Å². The molecule has 1 N–H and O–H groups in total. The van der Waals surface area contributed by atoms with Crippen LogP contribution in [0.15, 0.2) is 24.3 Å². The van der Waals surface area contributed by atoms with Gasteiger partial charge in [-0.05, 0) is 30.7 Å². The van der Waals surface area contributed by atoms with Gasteiger partial charge in [0.25, 0.3) is 5.91 Å². The molecule has 1 unspecified atom stereocenters. The molecule has 7 heteroatoms. The van der Waals surface area contributed by atoms with E-state index < -0.39 is 6.61 Å². The molecule has 112 valence electrons. The van der Waals surface area contributed by atoms with Crippen LogP contribution in [0.4, 0.5) is 8.78 Å². The zero-order valence-corrected chi connectivity index (χ0v) is 12.5.